The van der Waals surface area contributed by atoms with E-state index in [2.05, 4.69) is 69.6 Å². The second-order valence-electron chi connectivity index (χ2n) is 8.88. The van der Waals surface area contributed by atoms with Gasteiger partial charge in [-0.3, -0.25) is 4.98 Å². The van der Waals surface area contributed by atoms with Crippen molar-refractivity contribution in [3.63, 3.8) is 0 Å². The van der Waals surface area contributed by atoms with Crippen molar-refractivity contribution in [2.75, 3.05) is 26.0 Å². The summed E-state index contributed by atoms with van der Waals surface area (Å²) in [5.74, 6) is 0. The lowest BCUT2D eigenvalue weighted by molar-refractivity contribution is 0.255. The molecule has 2 amide bonds. The van der Waals surface area contributed by atoms with E-state index in [0.29, 0.717) is 0 Å². The molecule has 2 aromatic heterocycles. The van der Waals surface area contributed by atoms with Gasteiger partial charge in [0.15, 0.2) is 0 Å². The zero-order chi connectivity index (χ0) is 23.5. The molecule has 2 heterocycles. The Morgan fingerprint density at radius 2 is 1.79 bits per heavy atom. The van der Waals surface area contributed by atoms with Gasteiger partial charge >= 0.3 is 6.03 Å². The monoisotopic (exact) mass is 451 g/mol. The minimum absolute atomic E-state index is 0.225. The van der Waals surface area contributed by atoms with Crippen LogP contribution in [0.15, 0.2) is 79.1 Å². The first-order valence-electron chi connectivity index (χ1n) is 11.6. The van der Waals surface area contributed by atoms with Crippen LogP contribution < -0.4 is 21.1 Å². The minimum Gasteiger partial charge on any atom is -0.346 e. The van der Waals surface area contributed by atoms with Crippen LogP contribution in [-0.4, -0.2) is 41.1 Å². The van der Waals surface area contributed by atoms with Crippen LogP contribution in [0.1, 0.15) is 18.5 Å². The van der Waals surface area contributed by atoms with E-state index >= 15 is 0 Å². The molecule has 5 rings (SSSR count). The van der Waals surface area contributed by atoms with Crippen LogP contribution in [0, 0.1) is 0 Å². The van der Waals surface area contributed by atoms with Crippen LogP contribution in [0.2, 0.25) is 0 Å². The number of likely N-dealkylation sites (N-methyl/N-ethyl adjacent to an activating group) is 1. The van der Waals surface area contributed by atoms with Gasteiger partial charge in [-0.25, -0.2) is 4.79 Å². The summed E-state index contributed by atoms with van der Waals surface area (Å²) >= 11 is 0. The lowest BCUT2D eigenvalue weighted by atomic mass is 9.94. The molecule has 6 heteroatoms. The maximum Gasteiger partial charge on any atom is 0.323 e. The van der Waals surface area contributed by atoms with Gasteiger partial charge in [0.05, 0.1) is 5.69 Å². The molecule has 0 radical (unpaired) electrons. The summed E-state index contributed by atoms with van der Waals surface area (Å²) in [5.41, 5.74) is 5.08. The average Bonchev–Trinajstić information content (AvgIpc) is 3.25. The number of nitrogens with zero attached hydrogens (tertiary/aromatic N) is 3. The van der Waals surface area contributed by atoms with Gasteiger partial charge in [0.1, 0.15) is 0 Å². The third-order valence-electron chi connectivity index (χ3n) is 6.26. The number of pyridine rings is 1. The van der Waals surface area contributed by atoms with Crippen LogP contribution in [0.25, 0.3) is 22.2 Å². The van der Waals surface area contributed by atoms with Crippen molar-refractivity contribution in [3.05, 3.63) is 95.3 Å². The van der Waals surface area contributed by atoms with Gasteiger partial charge in [-0.05, 0) is 74.1 Å². The molecule has 172 valence electrons. The van der Waals surface area contributed by atoms with Gasteiger partial charge in [-0.1, -0.05) is 30.3 Å². The van der Waals surface area contributed by atoms with Crippen molar-refractivity contribution < 1.29 is 4.79 Å². The summed E-state index contributed by atoms with van der Waals surface area (Å²) in [4.78, 5) is 19.6. The lowest BCUT2D eigenvalue weighted by Gasteiger charge is -2.18. The molecule has 0 spiro atoms. The first kappa shape index (κ1) is 21.9. The number of rotatable bonds is 6. The fraction of sp³-hybridized carbons (Fsp3) is 0.214. The van der Waals surface area contributed by atoms with Gasteiger partial charge in [-0.2, -0.15) is 0 Å². The van der Waals surface area contributed by atoms with Crippen LogP contribution in [0.4, 0.5) is 10.5 Å². The zero-order valence-electron chi connectivity index (χ0n) is 19.6. The number of hydrogen-bond acceptors (Lipinski definition) is 3. The van der Waals surface area contributed by atoms with E-state index in [0.717, 1.165) is 58.8 Å². The molecule has 1 aliphatic carbocycles. The van der Waals surface area contributed by atoms with E-state index in [9.17, 15) is 4.79 Å². The van der Waals surface area contributed by atoms with Crippen LogP contribution in [0.3, 0.4) is 0 Å². The van der Waals surface area contributed by atoms with Crippen LogP contribution >= 0.6 is 0 Å². The summed E-state index contributed by atoms with van der Waals surface area (Å²) < 4.78 is 2.24. The number of urea groups is 1. The number of carbonyl (C=O) groups is 1. The summed E-state index contributed by atoms with van der Waals surface area (Å²) in [6, 6.07) is 22.1. The Labute approximate surface area is 199 Å². The summed E-state index contributed by atoms with van der Waals surface area (Å²) in [5, 5.41) is 9.41. The van der Waals surface area contributed by atoms with Gasteiger partial charge in [0, 0.05) is 53.0 Å². The number of nitrogens with one attached hydrogen (secondary N) is 2. The van der Waals surface area contributed by atoms with Gasteiger partial charge in [0.2, 0.25) is 0 Å². The maximum atomic E-state index is 12.9. The number of anilines is 1. The molecular formula is C28H29N5O. The molecule has 2 aromatic carbocycles. The van der Waals surface area contributed by atoms with Crippen LogP contribution in [-0.2, 0) is 6.54 Å². The molecule has 0 saturated heterocycles. The van der Waals surface area contributed by atoms with E-state index in [1.807, 2.05) is 48.7 Å². The molecular weight excluding hydrogens is 422 g/mol. The van der Waals surface area contributed by atoms with Crippen molar-refractivity contribution in [1.29, 1.82) is 0 Å². The quantitative estimate of drug-likeness (QED) is 0.472. The number of aromatic nitrogens is 2. The van der Waals surface area contributed by atoms with Gasteiger partial charge < -0.3 is 20.1 Å². The molecule has 0 saturated carbocycles. The Hall–Kier alpha value is -3.90. The Balaban J connectivity index is 1.38. The highest BCUT2D eigenvalue weighted by atomic mass is 16.2. The Bertz CT molecular complexity index is 1450. The molecule has 4 aromatic rings. The van der Waals surface area contributed by atoms with E-state index in [-0.39, 0.29) is 6.03 Å². The molecule has 0 bridgehead atoms. The van der Waals surface area contributed by atoms with E-state index in [4.69, 9.17) is 0 Å². The highest BCUT2D eigenvalue weighted by Gasteiger charge is 2.15. The first-order valence-corrected chi connectivity index (χ1v) is 11.6. The largest absolute Gasteiger partial charge is 0.346 e. The van der Waals surface area contributed by atoms with Crippen molar-refractivity contribution in [2.24, 2.45) is 0 Å². The number of amides is 2. The summed E-state index contributed by atoms with van der Waals surface area (Å²) in [6.45, 7) is 1.91. The van der Waals surface area contributed by atoms with E-state index in [1.54, 1.807) is 0 Å². The first-order chi connectivity index (χ1) is 16.6. The van der Waals surface area contributed by atoms with Gasteiger partial charge in [0.25, 0.3) is 0 Å². The van der Waals surface area contributed by atoms with Crippen molar-refractivity contribution in [1.82, 2.24) is 19.8 Å². The smallest absolute Gasteiger partial charge is 0.323 e. The number of benzene rings is 2. The molecule has 6 nitrogen and oxygen atoms in total. The second kappa shape index (κ2) is 9.53. The zero-order valence-corrected chi connectivity index (χ0v) is 19.6. The lowest BCUT2D eigenvalue weighted by Crippen LogP contribution is -2.39. The number of hydrogen-bond donors (Lipinski definition) is 2. The van der Waals surface area contributed by atoms with Crippen molar-refractivity contribution in [2.45, 2.75) is 19.4 Å². The molecule has 34 heavy (non-hydrogen) atoms. The molecule has 2 N–H and O–H groups in total. The molecule has 0 aliphatic heterocycles. The normalized spacial score (nSPS) is 13.3. The highest BCUT2D eigenvalue weighted by Crippen LogP contribution is 2.22. The standard InChI is InChI=1S/C28H29N5O/c1-32(2)17-18-33-16-14-20-19-21(10-13-27(20)33)30-28(34)31-26-12-11-24(25-9-5-6-15-29-25)22-7-3-4-8-23(22)26/h3-10,13-16,19H,11-12,17-18H2,1-2H3,(H2,30,31,34). The van der Waals surface area contributed by atoms with Crippen molar-refractivity contribution in [3.8, 4) is 0 Å². The van der Waals surface area contributed by atoms with Gasteiger partial charge in [-0.15, -0.1) is 0 Å². The highest BCUT2D eigenvalue weighted by molar-refractivity contribution is 5.96. The third kappa shape index (κ3) is 4.58. The fourth-order valence-electron chi connectivity index (χ4n) is 4.55. The maximum absolute atomic E-state index is 12.9. The molecule has 0 fully saturated rings. The summed E-state index contributed by atoms with van der Waals surface area (Å²) in [6.07, 6.45) is 5.51. The minimum atomic E-state index is -0.225. The predicted octanol–water partition coefficient (Wildman–Crippen LogP) is 3.52. The molecule has 1 aliphatic rings. The molecule has 0 atom stereocenters. The Morgan fingerprint density at radius 3 is 2.59 bits per heavy atom. The summed E-state index contributed by atoms with van der Waals surface area (Å²) in [7, 11) is 4.15. The second-order valence-corrected chi connectivity index (χ2v) is 8.88. The average molecular weight is 452 g/mol. The van der Waals surface area contributed by atoms with Crippen molar-refractivity contribution >= 4 is 33.9 Å². The topological polar surface area (TPSA) is 62.2 Å². The fourth-order valence-corrected chi connectivity index (χ4v) is 4.55. The number of fused-ring (bicyclic) bond motifs is 2. The third-order valence-corrected chi connectivity index (χ3v) is 6.26. The number of carbonyl (C=O) groups excluding carboxylic acids is 1. The Kier molecular flexibility index (Phi) is 6.14. The van der Waals surface area contributed by atoms with E-state index in [1.165, 1.54) is 11.1 Å². The predicted molar refractivity (Wildman–Crippen MR) is 138 cm³/mol. The molecule has 0 unspecified atom stereocenters. The SMILES string of the molecule is CN(C)CCn1ccc2cc(NC(=O)NC3=c4ccccc4=C(c4ccccn4)CC3)ccc21. The Morgan fingerprint density at radius 1 is 0.971 bits per heavy atom. The van der Waals surface area contributed by atoms with E-state index < -0.39 is 0 Å². The van der Waals surface area contributed by atoms with Crippen LogP contribution in [0.5, 0.6) is 0 Å².